The van der Waals surface area contributed by atoms with Crippen molar-refractivity contribution in [1.82, 2.24) is 0 Å². The number of hydrogen-bond donors (Lipinski definition) is 0. The van der Waals surface area contributed by atoms with Crippen molar-refractivity contribution < 1.29 is 28.6 Å². The summed E-state index contributed by atoms with van der Waals surface area (Å²) in [6.45, 7) is 6.48. The fourth-order valence-corrected chi connectivity index (χ4v) is 9.64. The summed E-state index contributed by atoms with van der Waals surface area (Å²) in [7, 11) is 0. The zero-order valence-electron chi connectivity index (χ0n) is 53.3. The topological polar surface area (TPSA) is 78.9 Å². The smallest absolute Gasteiger partial charge is 0.306 e. The molecule has 1 atom stereocenters. The molecule has 81 heavy (non-hydrogen) atoms. The second-order valence-electron chi connectivity index (χ2n) is 22.7. The molecule has 6 heteroatoms. The van der Waals surface area contributed by atoms with Crippen LogP contribution < -0.4 is 0 Å². The lowest BCUT2D eigenvalue weighted by atomic mass is 10.0. The van der Waals surface area contributed by atoms with E-state index in [0.29, 0.717) is 19.3 Å². The SMILES string of the molecule is CC/C=C\C/C=C\C/C=C\C/C=C\C/C=C\C/C=C\C/C=C\CCCCCCCCCCCCCC(=O)OCC(COC(=O)CCCCCCC/C=C\C/C=C\CCC)OC(=O)CCCCCCCCCCCCCCCCCCC. The zero-order chi connectivity index (χ0) is 58.5. The largest absolute Gasteiger partial charge is 0.462 e. The first-order valence-electron chi connectivity index (χ1n) is 34.4. The number of carbonyl (C=O) groups is 3. The Morgan fingerprint density at radius 2 is 0.506 bits per heavy atom. The second-order valence-corrected chi connectivity index (χ2v) is 22.7. The lowest BCUT2D eigenvalue weighted by Gasteiger charge is -2.18. The monoisotopic (exact) mass is 1120 g/mol. The number of rotatable bonds is 62. The number of carbonyl (C=O) groups excluding carboxylic acids is 3. The Labute approximate surface area is 501 Å². The number of hydrogen-bond acceptors (Lipinski definition) is 6. The first kappa shape index (κ1) is 77.1. The van der Waals surface area contributed by atoms with Crippen LogP contribution in [0.3, 0.4) is 0 Å². The van der Waals surface area contributed by atoms with Gasteiger partial charge in [-0.2, -0.15) is 0 Å². The van der Waals surface area contributed by atoms with E-state index in [4.69, 9.17) is 14.2 Å². The molecule has 0 aromatic heterocycles. The highest BCUT2D eigenvalue weighted by Crippen LogP contribution is 2.17. The molecule has 6 nitrogen and oxygen atoms in total. The van der Waals surface area contributed by atoms with Gasteiger partial charge < -0.3 is 14.2 Å². The lowest BCUT2D eigenvalue weighted by molar-refractivity contribution is -0.167. The molecule has 0 bridgehead atoms. The van der Waals surface area contributed by atoms with Crippen LogP contribution >= 0.6 is 0 Å². The molecule has 0 amide bonds. The van der Waals surface area contributed by atoms with E-state index in [1.165, 1.54) is 161 Å². The molecule has 0 N–H and O–H groups in total. The van der Waals surface area contributed by atoms with Gasteiger partial charge in [0.25, 0.3) is 0 Å². The van der Waals surface area contributed by atoms with E-state index >= 15 is 0 Å². The highest BCUT2D eigenvalue weighted by molar-refractivity contribution is 5.71. The van der Waals surface area contributed by atoms with Crippen molar-refractivity contribution in [3.8, 4) is 0 Å². The molecule has 0 aliphatic heterocycles. The Hall–Kier alpha value is -3.93. The number of esters is 3. The van der Waals surface area contributed by atoms with Gasteiger partial charge in [0.2, 0.25) is 0 Å². The average Bonchev–Trinajstić information content (AvgIpc) is 3.46. The van der Waals surface area contributed by atoms with Crippen LogP contribution in [0.4, 0.5) is 0 Å². The van der Waals surface area contributed by atoms with Crippen molar-refractivity contribution in [3.63, 3.8) is 0 Å². The predicted molar refractivity (Wildman–Crippen MR) is 353 cm³/mol. The summed E-state index contributed by atoms with van der Waals surface area (Å²) in [5.41, 5.74) is 0. The van der Waals surface area contributed by atoms with Crippen molar-refractivity contribution in [3.05, 3.63) is 109 Å². The van der Waals surface area contributed by atoms with Crippen molar-refractivity contribution in [2.45, 2.75) is 335 Å². The first-order chi connectivity index (χ1) is 40.0. The number of ether oxygens (including phenoxy) is 3. The molecule has 0 radical (unpaired) electrons. The lowest BCUT2D eigenvalue weighted by Crippen LogP contribution is -2.30. The minimum absolute atomic E-state index is 0.0812. The van der Waals surface area contributed by atoms with Crippen LogP contribution in [0, 0.1) is 0 Å². The summed E-state index contributed by atoms with van der Waals surface area (Å²) in [5.74, 6) is -0.885. The van der Waals surface area contributed by atoms with Crippen molar-refractivity contribution in [2.75, 3.05) is 13.2 Å². The predicted octanol–water partition coefficient (Wildman–Crippen LogP) is 23.8. The second kappa shape index (κ2) is 68.6. The van der Waals surface area contributed by atoms with Gasteiger partial charge in [-0.1, -0.05) is 316 Å². The fourth-order valence-electron chi connectivity index (χ4n) is 9.64. The maximum absolute atomic E-state index is 12.9. The molecule has 0 aliphatic carbocycles. The van der Waals surface area contributed by atoms with Crippen LogP contribution in [-0.4, -0.2) is 37.2 Å². The first-order valence-corrected chi connectivity index (χ1v) is 34.4. The van der Waals surface area contributed by atoms with Gasteiger partial charge in [0, 0.05) is 19.3 Å². The Balaban J connectivity index is 4.23. The van der Waals surface area contributed by atoms with E-state index in [1.54, 1.807) is 0 Å². The van der Waals surface area contributed by atoms with Crippen LogP contribution in [0.5, 0.6) is 0 Å². The molecule has 0 saturated heterocycles. The van der Waals surface area contributed by atoms with Gasteiger partial charge >= 0.3 is 17.9 Å². The molecule has 0 aromatic rings. The summed E-state index contributed by atoms with van der Waals surface area (Å²) >= 11 is 0. The van der Waals surface area contributed by atoms with E-state index in [0.717, 1.165) is 128 Å². The Morgan fingerprint density at radius 3 is 0.802 bits per heavy atom. The van der Waals surface area contributed by atoms with E-state index in [9.17, 15) is 14.4 Å². The Kier molecular flexibility index (Phi) is 65.2. The van der Waals surface area contributed by atoms with Gasteiger partial charge in [0.05, 0.1) is 0 Å². The summed E-state index contributed by atoms with van der Waals surface area (Å²) in [6.07, 6.45) is 93.9. The maximum Gasteiger partial charge on any atom is 0.306 e. The van der Waals surface area contributed by atoms with Gasteiger partial charge in [-0.05, 0) is 103 Å². The van der Waals surface area contributed by atoms with Crippen LogP contribution in [0.15, 0.2) is 109 Å². The van der Waals surface area contributed by atoms with E-state index in [-0.39, 0.29) is 31.1 Å². The molecule has 0 saturated carbocycles. The van der Waals surface area contributed by atoms with Gasteiger partial charge in [-0.15, -0.1) is 0 Å². The summed E-state index contributed by atoms with van der Waals surface area (Å²) in [6, 6.07) is 0. The van der Waals surface area contributed by atoms with E-state index in [1.807, 2.05) is 0 Å². The molecular formula is C75H128O6. The van der Waals surface area contributed by atoms with Gasteiger partial charge in [0.1, 0.15) is 13.2 Å². The molecule has 464 valence electrons. The molecule has 0 aromatic carbocycles. The summed E-state index contributed by atoms with van der Waals surface area (Å²) < 4.78 is 16.9. The normalized spacial score (nSPS) is 12.8. The van der Waals surface area contributed by atoms with Crippen molar-refractivity contribution in [2.24, 2.45) is 0 Å². The minimum Gasteiger partial charge on any atom is -0.462 e. The van der Waals surface area contributed by atoms with Gasteiger partial charge in [-0.3, -0.25) is 14.4 Å². The number of allylic oxidation sites excluding steroid dienone is 18. The summed E-state index contributed by atoms with van der Waals surface area (Å²) in [4.78, 5) is 38.3. The molecule has 1 unspecified atom stereocenters. The van der Waals surface area contributed by atoms with Crippen molar-refractivity contribution >= 4 is 17.9 Å². The molecule has 0 fully saturated rings. The zero-order valence-corrected chi connectivity index (χ0v) is 53.3. The third kappa shape index (κ3) is 66.8. The Bertz CT molecular complexity index is 1620. The minimum atomic E-state index is -0.784. The fraction of sp³-hybridized carbons (Fsp3) is 0.720. The third-order valence-corrected chi connectivity index (χ3v) is 14.7. The summed E-state index contributed by atoms with van der Waals surface area (Å²) in [5, 5.41) is 0. The molecule has 0 rings (SSSR count). The van der Waals surface area contributed by atoms with Gasteiger partial charge in [-0.25, -0.2) is 0 Å². The molecule has 0 spiro atoms. The third-order valence-electron chi connectivity index (χ3n) is 14.7. The van der Waals surface area contributed by atoms with Crippen molar-refractivity contribution in [1.29, 1.82) is 0 Å². The highest BCUT2D eigenvalue weighted by atomic mass is 16.6. The molecular weight excluding hydrogens is 997 g/mol. The molecule has 0 heterocycles. The van der Waals surface area contributed by atoms with Crippen LogP contribution in [0.1, 0.15) is 329 Å². The van der Waals surface area contributed by atoms with Crippen LogP contribution in [0.25, 0.3) is 0 Å². The average molecular weight is 1130 g/mol. The standard InChI is InChI=1S/C75H128O6/c1-4-7-10-13-16-19-22-25-27-29-30-31-32-33-34-35-36-37-38-39-40-41-42-43-44-46-47-50-53-56-59-62-65-68-74(77)80-71-72(70-79-73(76)67-64-61-58-55-52-49-24-21-18-15-12-9-6-3)81-75(78)69-66-63-60-57-54-51-48-45-28-26-23-20-17-14-11-8-5-2/h7,10,12,15-16,19,21,24-25,27,30-31,33-34,36-37,39-40,72H,4-6,8-9,11,13-14,17-18,20,22-23,26,28-29,32,35,38,41-71H2,1-3H3/b10-7-,15-12-,19-16-,24-21-,27-25-,31-30-,34-33-,37-36-,40-39-. The van der Waals surface area contributed by atoms with E-state index in [2.05, 4.69) is 130 Å². The quantitative estimate of drug-likeness (QED) is 0.0261. The van der Waals surface area contributed by atoms with Crippen LogP contribution in [-0.2, 0) is 28.6 Å². The number of unbranched alkanes of at least 4 members (excludes halogenated alkanes) is 33. The van der Waals surface area contributed by atoms with Crippen LogP contribution in [0.2, 0.25) is 0 Å². The van der Waals surface area contributed by atoms with E-state index < -0.39 is 6.10 Å². The molecule has 0 aliphatic rings. The highest BCUT2D eigenvalue weighted by Gasteiger charge is 2.19. The Morgan fingerprint density at radius 1 is 0.259 bits per heavy atom. The van der Waals surface area contributed by atoms with Gasteiger partial charge in [0.15, 0.2) is 6.10 Å². The maximum atomic E-state index is 12.9.